The number of aryl methyl sites for hydroxylation is 1. The SMILES string of the molecule is Cc1cccc(C(=O)N(CC(C)C)CC(C)C)c1I. The van der Waals surface area contributed by atoms with E-state index in [0.29, 0.717) is 11.8 Å². The summed E-state index contributed by atoms with van der Waals surface area (Å²) in [6.07, 6.45) is 0. The molecule has 0 bridgehead atoms. The van der Waals surface area contributed by atoms with Crippen LogP contribution in [0.1, 0.15) is 43.6 Å². The summed E-state index contributed by atoms with van der Waals surface area (Å²) in [5, 5.41) is 0. The van der Waals surface area contributed by atoms with Crippen molar-refractivity contribution in [2.45, 2.75) is 34.6 Å². The van der Waals surface area contributed by atoms with Crippen LogP contribution < -0.4 is 0 Å². The molecule has 0 aliphatic rings. The second-order valence-corrected chi connectivity index (χ2v) is 7.01. The standard InChI is InChI=1S/C16H24INO/c1-11(2)9-18(10-12(3)4)16(19)14-8-6-7-13(5)15(14)17/h6-8,11-12H,9-10H2,1-5H3. The van der Waals surface area contributed by atoms with Gasteiger partial charge in [0.1, 0.15) is 0 Å². The van der Waals surface area contributed by atoms with E-state index in [1.54, 1.807) is 0 Å². The number of carbonyl (C=O) groups is 1. The summed E-state index contributed by atoms with van der Waals surface area (Å²) >= 11 is 2.27. The Morgan fingerprint density at radius 3 is 2.16 bits per heavy atom. The van der Waals surface area contributed by atoms with E-state index in [-0.39, 0.29) is 5.91 Å². The first-order valence-corrected chi connectivity index (χ1v) is 7.95. The zero-order chi connectivity index (χ0) is 14.6. The molecule has 1 aromatic carbocycles. The van der Waals surface area contributed by atoms with Crippen LogP contribution in [0.5, 0.6) is 0 Å². The van der Waals surface area contributed by atoms with Gasteiger partial charge in [0.2, 0.25) is 0 Å². The molecule has 1 aromatic rings. The molecule has 0 radical (unpaired) electrons. The van der Waals surface area contributed by atoms with E-state index in [4.69, 9.17) is 0 Å². The Morgan fingerprint density at radius 2 is 1.68 bits per heavy atom. The highest BCUT2D eigenvalue weighted by molar-refractivity contribution is 14.1. The van der Waals surface area contributed by atoms with Gasteiger partial charge in [-0.3, -0.25) is 4.79 Å². The molecule has 0 atom stereocenters. The molecule has 0 aromatic heterocycles. The van der Waals surface area contributed by atoms with Crippen molar-refractivity contribution in [2.24, 2.45) is 11.8 Å². The normalized spacial score (nSPS) is 11.2. The van der Waals surface area contributed by atoms with Crippen LogP contribution >= 0.6 is 22.6 Å². The third-order valence-corrected chi connectivity index (χ3v) is 4.31. The van der Waals surface area contributed by atoms with Gasteiger partial charge in [-0.2, -0.15) is 0 Å². The minimum Gasteiger partial charge on any atom is -0.338 e. The summed E-state index contributed by atoms with van der Waals surface area (Å²) < 4.78 is 1.07. The van der Waals surface area contributed by atoms with Gasteiger partial charge in [-0.1, -0.05) is 39.8 Å². The van der Waals surface area contributed by atoms with Gasteiger partial charge in [0.15, 0.2) is 0 Å². The molecule has 0 aliphatic heterocycles. The second kappa shape index (κ2) is 7.27. The minimum atomic E-state index is 0.162. The molecule has 2 nitrogen and oxygen atoms in total. The summed E-state index contributed by atoms with van der Waals surface area (Å²) in [5.41, 5.74) is 2.00. The maximum atomic E-state index is 12.7. The molecule has 0 N–H and O–H groups in total. The molecular formula is C16H24INO. The molecule has 1 rings (SSSR count). The van der Waals surface area contributed by atoms with Crippen molar-refractivity contribution in [1.29, 1.82) is 0 Å². The van der Waals surface area contributed by atoms with E-state index < -0.39 is 0 Å². The van der Waals surface area contributed by atoms with E-state index in [1.165, 1.54) is 5.56 Å². The summed E-state index contributed by atoms with van der Waals surface area (Å²) in [6, 6.07) is 5.95. The number of hydrogen-bond acceptors (Lipinski definition) is 1. The van der Waals surface area contributed by atoms with Gasteiger partial charge < -0.3 is 4.90 Å². The highest BCUT2D eigenvalue weighted by atomic mass is 127. The number of amides is 1. The van der Waals surface area contributed by atoms with Crippen molar-refractivity contribution in [3.63, 3.8) is 0 Å². The second-order valence-electron chi connectivity index (χ2n) is 5.93. The number of carbonyl (C=O) groups excluding carboxylic acids is 1. The fourth-order valence-corrected chi connectivity index (χ4v) is 2.70. The lowest BCUT2D eigenvalue weighted by Crippen LogP contribution is -2.37. The van der Waals surface area contributed by atoms with E-state index in [9.17, 15) is 4.79 Å². The van der Waals surface area contributed by atoms with E-state index >= 15 is 0 Å². The quantitative estimate of drug-likeness (QED) is 0.703. The number of rotatable bonds is 5. The molecule has 0 aliphatic carbocycles. The lowest BCUT2D eigenvalue weighted by Gasteiger charge is -2.27. The number of halogens is 1. The molecule has 0 fully saturated rings. The van der Waals surface area contributed by atoms with E-state index in [1.807, 2.05) is 30.0 Å². The van der Waals surface area contributed by atoms with Crippen LogP contribution in [0.3, 0.4) is 0 Å². The van der Waals surface area contributed by atoms with Gasteiger partial charge in [0, 0.05) is 16.7 Å². The Kier molecular flexibility index (Phi) is 6.30. The van der Waals surface area contributed by atoms with Gasteiger partial charge in [0.05, 0.1) is 5.56 Å². The monoisotopic (exact) mass is 373 g/mol. The van der Waals surface area contributed by atoms with Crippen LogP contribution in [0.25, 0.3) is 0 Å². The maximum Gasteiger partial charge on any atom is 0.254 e. The fraction of sp³-hybridized carbons (Fsp3) is 0.562. The smallest absolute Gasteiger partial charge is 0.254 e. The van der Waals surface area contributed by atoms with E-state index in [0.717, 1.165) is 22.2 Å². The summed E-state index contributed by atoms with van der Waals surface area (Å²) in [7, 11) is 0. The molecule has 0 saturated carbocycles. The van der Waals surface area contributed by atoms with Crippen LogP contribution in [-0.4, -0.2) is 23.9 Å². The van der Waals surface area contributed by atoms with Crippen LogP contribution in [-0.2, 0) is 0 Å². The fourth-order valence-electron chi connectivity index (χ4n) is 2.10. The molecule has 0 unspecified atom stereocenters. The zero-order valence-electron chi connectivity index (χ0n) is 12.5. The third-order valence-electron chi connectivity index (χ3n) is 2.88. The highest BCUT2D eigenvalue weighted by Crippen LogP contribution is 2.19. The Labute approximate surface area is 130 Å². The first kappa shape index (κ1) is 16.5. The van der Waals surface area contributed by atoms with Gasteiger partial charge >= 0.3 is 0 Å². The van der Waals surface area contributed by atoms with Crippen molar-refractivity contribution in [3.05, 3.63) is 32.9 Å². The highest BCUT2D eigenvalue weighted by Gasteiger charge is 2.20. The van der Waals surface area contributed by atoms with Crippen LogP contribution in [0, 0.1) is 22.3 Å². The van der Waals surface area contributed by atoms with Crippen molar-refractivity contribution < 1.29 is 4.79 Å². The minimum absolute atomic E-state index is 0.162. The lowest BCUT2D eigenvalue weighted by atomic mass is 10.1. The predicted molar refractivity (Wildman–Crippen MR) is 89.5 cm³/mol. The number of nitrogens with zero attached hydrogens (tertiary/aromatic N) is 1. The zero-order valence-corrected chi connectivity index (χ0v) is 14.7. The van der Waals surface area contributed by atoms with Crippen molar-refractivity contribution in [2.75, 3.05) is 13.1 Å². The van der Waals surface area contributed by atoms with E-state index in [2.05, 4.69) is 50.3 Å². The Morgan fingerprint density at radius 1 is 1.16 bits per heavy atom. The first-order chi connectivity index (χ1) is 8.82. The number of benzene rings is 1. The molecule has 0 heterocycles. The van der Waals surface area contributed by atoms with Crippen molar-refractivity contribution in [3.8, 4) is 0 Å². The maximum absolute atomic E-state index is 12.7. The molecule has 0 spiro atoms. The predicted octanol–water partition coefficient (Wildman–Crippen LogP) is 4.35. The van der Waals surface area contributed by atoms with Crippen LogP contribution in [0.15, 0.2) is 18.2 Å². The topological polar surface area (TPSA) is 20.3 Å². The summed E-state index contributed by atoms with van der Waals surface area (Å²) in [6.45, 7) is 12.3. The molecule has 3 heteroatoms. The van der Waals surface area contributed by atoms with Crippen LogP contribution in [0.2, 0.25) is 0 Å². The molecule has 19 heavy (non-hydrogen) atoms. The Balaban J connectivity index is 3.01. The van der Waals surface area contributed by atoms with Crippen molar-refractivity contribution >= 4 is 28.5 Å². The summed E-state index contributed by atoms with van der Waals surface area (Å²) in [5.74, 6) is 1.14. The third kappa shape index (κ3) is 4.79. The largest absolute Gasteiger partial charge is 0.338 e. The molecular weight excluding hydrogens is 349 g/mol. The first-order valence-electron chi connectivity index (χ1n) is 6.87. The van der Waals surface area contributed by atoms with Gasteiger partial charge in [-0.15, -0.1) is 0 Å². The average molecular weight is 373 g/mol. The lowest BCUT2D eigenvalue weighted by molar-refractivity contribution is 0.0714. The average Bonchev–Trinajstić information content (AvgIpc) is 2.30. The Bertz CT molecular complexity index is 430. The van der Waals surface area contributed by atoms with Crippen LogP contribution in [0.4, 0.5) is 0 Å². The van der Waals surface area contributed by atoms with Gasteiger partial charge in [-0.25, -0.2) is 0 Å². The Hall–Kier alpha value is -0.580. The van der Waals surface area contributed by atoms with Crippen molar-refractivity contribution in [1.82, 2.24) is 4.90 Å². The molecule has 1 amide bonds. The van der Waals surface area contributed by atoms with Gasteiger partial charge in [0.25, 0.3) is 5.91 Å². The molecule has 0 saturated heterocycles. The number of hydrogen-bond donors (Lipinski definition) is 0. The van der Waals surface area contributed by atoms with Gasteiger partial charge in [-0.05, 0) is 53.0 Å². The molecule has 106 valence electrons. The summed E-state index contributed by atoms with van der Waals surface area (Å²) in [4.78, 5) is 14.7.